The molecule has 4 nitrogen and oxygen atoms in total. The van der Waals surface area contributed by atoms with E-state index in [1.54, 1.807) is 11.8 Å². The van der Waals surface area contributed by atoms with E-state index in [-0.39, 0.29) is 0 Å². The highest BCUT2D eigenvalue weighted by Crippen LogP contribution is 2.04. The first kappa shape index (κ1) is 12.7. The van der Waals surface area contributed by atoms with Gasteiger partial charge in [0.15, 0.2) is 0 Å². The maximum atomic E-state index is 10.3. The van der Waals surface area contributed by atoms with Gasteiger partial charge in [0.05, 0.1) is 0 Å². The molecule has 0 radical (unpaired) electrons. The van der Waals surface area contributed by atoms with Crippen LogP contribution >= 0.6 is 11.8 Å². The fourth-order valence-corrected chi connectivity index (χ4v) is 1.57. The fourth-order valence-electron chi connectivity index (χ4n) is 0.689. The van der Waals surface area contributed by atoms with E-state index >= 15 is 0 Å². The van der Waals surface area contributed by atoms with E-state index in [0.29, 0.717) is 5.75 Å². The Kier molecular flexibility index (Phi) is 8.18. The van der Waals surface area contributed by atoms with Crippen molar-refractivity contribution in [1.29, 1.82) is 0 Å². The normalized spacial score (nSPS) is 12.8. The Morgan fingerprint density at radius 1 is 1.69 bits per heavy atom. The molecule has 3 N–H and O–H groups in total. The SMILES string of the molecule is CCOCCCSC[C@H](N)C(=O)O. The largest absolute Gasteiger partial charge is 0.480 e. The number of carbonyl (C=O) groups is 1. The highest BCUT2D eigenvalue weighted by atomic mass is 32.2. The minimum absolute atomic E-state index is 0.474. The lowest BCUT2D eigenvalue weighted by atomic mass is 10.4. The third-order valence-corrected chi connectivity index (χ3v) is 2.57. The van der Waals surface area contributed by atoms with E-state index in [2.05, 4.69) is 0 Å². The summed E-state index contributed by atoms with van der Waals surface area (Å²) in [7, 11) is 0. The number of nitrogens with two attached hydrogens (primary N) is 1. The van der Waals surface area contributed by atoms with Gasteiger partial charge in [-0.2, -0.15) is 11.8 Å². The van der Waals surface area contributed by atoms with Gasteiger partial charge in [-0.05, 0) is 19.1 Å². The van der Waals surface area contributed by atoms with Gasteiger partial charge in [0.25, 0.3) is 0 Å². The third kappa shape index (κ3) is 8.08. The Hall–Kier alpha value is -0.260. The number of thioether (sulfide) groups is 1. The monoisotopic (exact) mass is 207 g/mol. The predicted octanol–water partition coefficient (Wildman–Crippen LogP) is 0.558. The minimum atomic E-state index is -0.933. The lowest BCUT2D eigenvalue weighted by Gasteiger charge is -2.05. The first-order chi connectivity index (χ1) is 6.18. The van der Waals surface area contributed by atoms with Crippen LogP contribution in [0.2, 0.25) is 0 Å². The molecular weight excluding hydrogens is 190 g/mol. The average molecular weight is 207 g/mol. The average Bonchev–Trinajstić information content (AvgIpc) is 2.10. The van der Waals surface area contributed by atoms with Crippen LogP contribution in [0.15, 0.2) is 0 Å². The molecule has 0 rings (SSSR count). The number of ether oxygens (including phenoxy) is 1. The number of rotatable bonds is 8. The summed E-state index contributed by atoms with van der Waals surface area (Å²) in [5.74, 6) is 0.444. The Morgan fingerprint density at radius 2 is 2.38 bits per heavy atom. The number of aliphatic carboxylic acids is 1. The molecule has 5 heteroatoms. The number of carboxylic acids is 1. The Labute approximate surface area is 82.8 Å². The van der Waals surface area contributed by atoms with Gasteiger partial charge >= 0.3 is 5.97 Å². The number of hydrogen-bond acceptors (Lipinski definition) is 4. The van der Waals surface area contributed by atoms with Crippen molar-refractivity contribution in [3.8, 4) is 0 Å². The molecule has 0 aliphatic carbocycles. The highest BCUT2D eigenvalue weighted by Gasteiger charge is 2.09. The molecular formula is C8H17NO3S. The van der Waals surface area contributed by atoms with Crippen molar-refractivity contribution in [2.75, 3.05) is 24.7 Å². The zero-order valence-electron chi connectivity index (χ0n) is 7.86. The topological polar surface area (TPSA) is 72.5 Å². The molecule has 0 saturated heterocycles. The molecule has 0 aliphatic rings. The molecule has 0 heterocycles. The van der Waals surface area contributed by atoms with E-state index in [0.717, 1.165) is 25.4 Å². The molecule has 0 amide bonds. The molecule has 0 aromatic rings. The first-order valence-electron chi connectivity index (χ1n) is 4.32. The zero-order valence-corrected chi connectivity index (χ0v) is 8.68. The second-order valence-corrected chi connectivity index (χ2v) is 3.72. The summed E-state index contributed by atoms with van der Waals surface area (Å²) >= 11 is 1.55. The summed E-state index contributed by atoms with van der Waals surface area (Å²) in [5.41, 5.74) is 5.31. The third-order valence-electron chi connectivity index (χ3n) is 1.40. The number of carboxylic acid groups (broad SMARTS) is 1. The van der Waals surface area contributed by atoms with Gasteiger partial charge in [-0.15, -0.1) is 0 Å². The van der Waals surface area contributed by atoms with Crippen molar-refractivity contribution in [2.24, 2.45) is 5.73 Å². The standard InChI is InChI=1S/C8H17NO3S/c1-2-12-4-3-5-13-6-7(9)8(10)11/h7H,2-6,9H2,1H3,(H,10,11)/t7-/m0/s1. The van der Waals surface area contributed by atoms with Crippen molar-refractivity contribution in [1.82, 2.24) is 0 Å². The van der Waals surface area contributed by atoms with E-state index in [9.17, 15) is 4.79 Å². The first-order valence-corrected chi connectivity index (χ1v) is 5.47. The van der Waals surface area contributed by atoms with Crippen LogP contribution in [0, 0.1) is 0 Å². The smallest absolute Gasteiger partial charge is 0.321 e. The maximum Gasteiger partial charge on any atom is 0.321 e. The zero-order chi connectivity index (χ0) is 10.1. The quantitative estimate of drug-likeness (QED) is 0.569. The van der Waals surface area contributed by atoms with E-state index in [1.807, 2.05) is 6.92 Å². The van der Waals surface area contributed by atoms with Gasteiger partial charge < -0.3 is 15.6 Å². The summed E-state index contributed by atoms with van der Waals surface area (Å²) in [6, 6.07) is -0.739. The van der Waals surface area contributed by atoms with Gasteiger partial charge in [0, 0.05) is 19.0 Å². The van der Waals surface area contributed by atoms with Crippen LogP contribution in [0.25, 0.3) is 0 Å². The molecule has 0 aromatic carbocycles. The van der Waals surface area contributed by atoms with E-state index in [4.69, 9.17) is 15.6 Å². The van der Waals surface area contributed by atoms with Crippen molar-refractivity contribution in [3.05, 3.63) is 0 Å². The molecule has 13 heavy (non-hydrogen) atoms. The molecule has 0 fully saturated rings. The van der Waals surface area contributed by atoms with Crippen LogP contribution in [0.5, 0.6) is 0 Å². The van der Waals surface area contributed by atoms with Gasteiger partial charge in [-0.25, -0.2) is 0 Å². The Bertz CT molecular complexity index is 143. The van der Waals surface area contributed by atoms with Crippen LogP contribution in [-0.2, 0) is 9.53 Å². The summed E-state index contributed by atoms with van der Waals surface area (Å²) < 4.78 is 5.13. The van der Waals surface area contributed by atoms with Gasteiger partial charge in [-0.1, -0.05) is 0 Å². The van der Waals surface area contributed by atoms with Crippen molar-refractivity contribution < 1.29 is 14.6 Å². The molecule has 0 aromatic heterocycles. The van der Waals surface area contributed by atoms with E-state index < -0.39 is 12.0 Å². The second kappa shape index (κ2) is 8.34. The highest BCUT2D eigenvalue weighted by molar-refractivity contribution is 7.99. The van der Waals surface area contributed by atoms with Gasteiger partial charge in [-0.3, -0.25) is 4.79 Å². The summed E-state index contributed by atoms with van der Waals surface area (Å²) in [6.07, 6.45) is 0.949. The van der Waals surface area contributed by atoms with Crippen LogP contribution in [0.1, 0.15) is 13.3 Å². The molecule has 0 unspecified atom stereocenters. The predicted molar refractivity (Wildman–Crippen MR) is 54.0 cm³/mol. The van der Waals surface area contributed by atoms with E-state index in [1.165, 1.54) is 0 Å². The molecule has 0 bridgehead atoms. The maximum absolute atomic E-state index is 10.3. The van der Waals surface area contributed by atoms with Crippen LogP contribution < -0.4 is 5.73 Å². The lowest BCUT2D eigenvalue weighted by Crippen LogP contribution is -2.32. The van der Waals surface area contributed by atoms with Crippen LogP contribution in [-0.4, -0.2) is 41.8 Å². The second-order valence-electron chi connectivity index (χ2n) is 2.57. The lowest BCUT2D eigenvalue weighted by molar-refractivity contribution is -0.137. The van der Waals surface area contributed by atoms with Crippen LogP contribution in [0.4, 0.5) is 0 Å². The summed E-state index contributed by atoms with van der Waals surface area (Å²) in [4.78, 5) is 10.3. The van der Waals surface area contributed by atoms with Crippen LogP contribution in [0.3, 0.4) is 0 Å². The number of hydrogen-bond donors (Lipinski definition) is 2. The van der Waals surface area contributed by atoms with Gasteiger partial charge in [0.2, 0.25) is 0 Å². The van der Waals surface area contributed by atoms with Gasteiger partial charge in [0.1, 0.15) is 6.04 Å². The molecule has 1 atom stereocenters. The fraction of sp³-hybridized carbons (Fsp3) is 0.875. The molecule has 0 saturated carbocycles. The minimum Gasteiger partial charge on any atom is -0.480 e. The van der Waals surface area contributed by atoms with Crippen molar-refractivity contribution in [2.45, 2.75) is 19.4 Å². The summed E-state index contributed by atoms with van der Waals surface area (Å²) in [6.45, 7) is 3.43. The molecule has 0 spiro atoms. The molecule has 78 valence electrons. The Morgan fingerprint density at radius 3 is 2.92 bits per heavy atom. The summed E-state index contributed by atoms with van der Waals surface area (Å²) in [5, 5.41) is 8.46. The van der Waals surface area contributed by atoms with Crippen molar-refractivity contribution in [3.63, 3.8) is 0 Å². The van der Waals surface area contributed by atoms with Crippen molar-refractivity contribution >= 4 is 17.7 Å². The molecule has 0 aliphatic heterocycles. The Balaban J connectivity index is 3.11.